The molecule has 2 aliphatic rings. The summed E-state index contributed by atoms with van der Waals surface area (Å²) in [5.74, 6) is 0. The lowest BCUT2D eigenvalue weighted by molar-refractivity contribution is 0.758. The van der Waals surface area contributed by atoms with Crippen LogP contribution in [0.15, 0.2) is 23.4 Å². The van der Waals surface area contributed by atoms with Crippen LogP contribution in [0.3, 0.4) is 0 Å². The average Bonchev–Trinajstić information content (AvgIpc) is 2.33. The van der Waals surface area contributed by atoms with Crippen LogP contribution in [0.25, 0.3) is 0 Å². The zero-order chi connectivity index (χ0) is 6.10. The fraction of sp³-hybridized carbons (Fsp3) is 0.286. The molecule has 1 aliphatic heterocycles. The van der Waals surface area contributed by atoms with Crippen molar-refractivity contribution < 1.29 is 0 Å². The highest BCUT2D eigenvalue weighted by Crippen LogP contribution is 2.15. The predicted molar refractivity (Wildman–Crippen MR) is 36.7 cm³/mol. The van der Waals surface area contributed by atoms with E-state index in [0.29, 0.717) is 0 Å². The molecule has 0 aromatic rings. The van der Waals surface area contributed by atoms with Gasteiger partial charge in [0.25, 0.3) is 6.21 Å². The molecule has 0 amide bonds. The van der Waals surface area contributed by atoms with Crippen molar-refractivity contribution in [3.63, 3.8) is 0 Å². The summed E-state index contributed by atoms with van der Waals surface area (Å²) in [5.41, 5.74) is 5.48. The molecule has 2 rings (SSSR count). The van der Waals surface area contributed by atoms with E-state index in [9.17, 15) is 0 Å². The van der Waals surface area contributed by atoms with Gasteiger partial charge in [0.1, 0.15) is 0 Å². The molecule has 0 aromatic heterocycles. The van der Waals surface area contributed by atoms with Crippen LogP contribution in [0, 0.1) is 0 Å². The first-order chi connectivity index (χ1) is 4.47. The maximum absolute atomic E-state index is 3.93. The third-order valence-corrected chi connectivity index (χ3v) is 1.61. The minimum Gasteiger partial charge on any atom is -0.104 e. The van der Waals surface area contributed by atoms with Crippen molar-refractivity contribution in [1.29, 1.82) is 0 Å². The highest BCUT2D eigenvalue weighted by molar-refractivity contribution is 5.84. The molecule has 45 valence electrons. The van der Waals surface area contributed by atoms with Gasteiger partial charge in [-0.15, -0.1) is 5.43 Å². The monoisotopic (exact) mass is 120 g/mol. The summed E-state index contributed by atoms with van der Waals surface area (Å²) in [6.07, 6.45) is 8.42. The van der Waals surface area contributed by atoms with Crippen LogP contribution in [0.5, 0.6) is 0 Å². The Hall–Kier alpha value is -1.05. The molecule has 0 aromatic carbocycles. The molecule has 0 saturated heterocycles. The number of allylic oxidation sites excluding steroid dienone is 4. The van der Waals surface area contributed by atoms with Gasteiger partial charge >= 0.3 is 0 Å². The zero-order valence-corrected chi connectivity index (χ0v) is 5.09. The molecule has 1 radical (unpaired) electrons. The smallest absolute Gasteiger partial charge is 0.104 e. The first kappa shape index (κ1) is 4.79. The molecule has 0 saturated carbocycles. The Bertz CT molecular complexity index is 211. The molecule has 2 heteroatoms. The zero-order valence-electron chi connectivity index (χ0n) is 5.09. The number of hydrogen-bond donors (Lipinski definition) is 1. The van der Waals surface area contributed by atoms with Crippen molar-refractivity contribution in [3.05, 3.63) is 23.4 Å². The van der Waals surface area contributed by atoms with E-state index in [2.05, 4.69) is 22.7 Å². The van der Waals surface area contributed by atoms with Crippen molar-refractivity contribution in [2.24, 2.45) is 0 Å². The van der Waals surface area contributed by atoms with Crippen molar-refractivity contribution in [2.75, 3.05) is 0 Å². The van der Waals surface area contributed by atoms with E-state index in [1.54, 1.807) is 0 Å². The van der Waals surface area contributed by atoms with Gasteiger partial charge in [0.05, 0.1) is 11.3 Å². The second-order valence-electron chi connectivity index (χ2n) is 2.24. The second-order valence-corrected chi connectivity index (χ2v) is 2.24. The molecule has 0 atom stereocenters. The Kier molecular flexibility index (Phi) is 0.918. The molecular formula is C7H8N2+. The summed E-state index contributed by atoms with van der Waals surface area (Å²) in [6, 6.07) is 0. The number of hydrogen-bond acceptors (Lipinski definition) is 2. The van der Waals surface area contributed by atoms with Crippen molar-refractivity contribution in [1.82, 2.24) is 10.5 Å². The third-order valence-electron chi connectivity index (χ3n) is 1.61. The van der Waals surface area contributed by atoms with Crippen molar-refractivity contribution in [2.45, 2.75) is 12.8 Å². The first-order valence-corrected chi connectivity index (χ1v) is 3.15. The lowest BCUT2D eigenvalue weighted by Crippen LogP contribution is -2.10. The van der Waals surface area contributed by atoms with Gasteiger partial charge in [0.15, 0.2) is 5.10 Å². The van der Waals surface area contributed by atoms with Crippen molar-refractivity contribution in [3.8, 4) is 0 Å². The van der Waals surface area contributed by atoms with E-state index in [4.69, 9.17) is 0 Å². The molecule has 0 fully saturated rings. The van der Waals surface area contributed by atoms with Crippen LogP contribution in [-0.2, 0) is 0 Å². The van der Waals surface area contributed by atoms with Crippen LogP contribution in [0.2, 0.25) is 0 Å². The minimum absolute atomic E-state index is 1.12. The summed E-state index contributed by atoms with van der Waals surface area (Å²) in [5, 5.41) is 3.93. The number of nitrogens with one attached hydrogen (secondary N) is 1. The summed E-state index contributed by atoms with van der Waals surface area (Å²) in [4.78, 5) is 0. The van der Waals surface area contributed by atoms with Gasteiger partial charge in [-0.25, -0.2) is 0 Å². The first-order valence-electron chi connectivity index (χ1n) is 3.15. The van der Waals surface area contributed by atoms with E-state index in [1.165, 1.54) is 11.3 Å². The largest absolute Gasteiger partial charge is 0.284 e. The normalized spacial score (nSPS) is 22.2. The van der Waals surface area contributed by atoms with Gasteiger partial charge in [-0.3, -0.25) is 0 Å². The maximum atomic E-state index is 3.93. The average molecular weight is 120 g/mol. The third kappa shape index (κ3) is 0.669. The summed E-state index contributed by atoms with van der Waals surface area (Å²) in [7, 11) is 0. The van der Waals surface area contributed by atoms with E-state index >= 15 is 0 Å². The highest BCUT2D eigenvalue weighted by Gasteiger charge is 2.17. The highest BCUT2D eigenvalue weighted by atomic mass is 15.3. The number of nitrogens with zero attached hydrogens (tertiary/aromatic N) is 1. The Labute approximate surface area is 54.0 Å². The van der Waals surface area contributed by atoms with Crippen LogP contribution in [0.4, 0.5) is 0 Å². The molecular weight excluding hydrogens is 112 g/mol. The van der Waals surface area contributed by atoms with Gasteiger partial charge in [-0.1, -0.05) is 12.2 Å². The van der Waals surface area contributed by atoms with Crippen LogP contribution in [0.1, 0.15) is 12.8 Å². The van der Waals surface area contributed by atoms with Crippen LogP contribution in [-0.4, -0.2) is 6.21 Å². The molecule has 1 aliphatic carbocycles. The second kappa shape index (κ2) is 1.72. The maximum Gasteiger partial charge on any atom is 0.284 e. The minimum atomic E-state index is 1.12. The predicted octanol–water partition coefficient (Wildman–Crippen LogP) is 0.515. The van der Waals surface area contributed by atoms with E-state index in [-0.39, 0.29) is 0 Å². The number of hydrazone groups is 1. The fourth-order valence-corrected chi connectivity index (χ4v) is 1.10. The Balaban J connectivity index is 2.35. The Morgan fingerprint density at radius 2 is 2.56 bits per heavy atom. The van der Waals surface area contributed by atoms with Gasteiger partial charge in [-0.05, 0) is 12.8 Å². The quantitative estimate of drug-likeness (QED) is 0.495. The molecule has 0 bridgehead atoms. The van der Waals surface area contributed by atoms with E-state index in [0.717, 1.165) is 12.8 Å². The Morgan fingerprint density at radius 1 is 1.56 bits per heavy atom. The standard InChI is InChI=1S/C7H8N2/c1-2-4-7-6(3-1)5-8-9-7/h1,3,5,9H,2,4H2/q+1. The van der Waals surface area contributed by atoms with Crippen LogP contribution >= 0.6 is 0 Å². The van der Waals surface area contributed by atoms with Gasteiger partial charge < -0.3 is 0 Å². The molecule has 0 spiro atoms. The summed E-state index contributed by atoms with van der Waals surface area (Å²) >= 11 is 0. The van der Waals surface area contributed by atoms with Gasteiger partial charge in [-0.2, -0.15) is 0 Å². The molecule has 2 nitrogen and oxygen atoms in total. The summed E-state index contributed by atoms with van der Waals surface area (Å²) < 4.78 is 0. The lowest BCUT2D eigenvalue weighted by atomic mass is 10.1. The fourth-order valence-electron chi connectivity index (χ4n) is 1.10. The molecule has 0 unspecified atom stereocenters. The van der Waals surface area contributed by atoms with Crippen molar-refractivity contribution >= 4 is 6.21 Å². The van der Waals surface area contributed by atoms with E-state index < -0.39 is 0 Å². The SMILES string of the molecule is C1=CC2=C(CC1)N[N+]=C2. The topological polar surface area (TPSA) is 26.1 Å². The van der Waals surface area contributed by atoms with Crippen LogP contribution < -0.4 is 10.5 Å². The van der Waals surface area contributed by atoms with E-state index in [1.807, 2.05) is 6.21 Å². The molecule has 1 N–H and O–H groups in total. The lowest BCUT2D eigenvalue weighted by Gasteiger charge is -1.99. The van der Waals surface area contributed by atoms with Gasteiger partial charge in [0, 0.05) is 0 Å². The number of rotatable bonds is 0. The Morgan fingerprint density at radius 3 is 3.44 bits per heavy atom. The summed E-state index contributed by atoms with van der Waals surface area (Å²) in [6.45, 7) is 0. The van der Waals surface area contributed by atoms with Gasteiger partial charge in [0.2, 0.25) is 0 Å². The molecule has 9 heavy (non-hydrogen) atoms. The molecule has 1 heterocycles.